The number of hydrogen-bond acceptors (Lipinski definition) is 5. The molecule has 0 saturated carbocycles. The normalized spacial score (nSPS) is 21.9. The summed E-state index contributed by atoms with van der Waals surface area (Å²) >= 11 is 0. The predicted molar refractivity (Wildman–Crippen MR) is 187 cm³/mol. The van der Waals surface area contributed by atoms with Crippen LogP contribution in [0.25, 0.3) is 0 Å². The topological polar surface area (TPSA) is 25.0 Å². The Hall–Kier alpha value is -1.92. The Morgan fingerprint density at radius 2 is 1.19 bits per heavy atom. The lowest BCUT2D eigenvalue weighted by atomic mass is 9.88. The number of likely N-dealkylation sites (tertiary alicyclic amines) is 2. The zero-order valence-electron chi connectivity index (χ0n) is 28.4. The maximum atomic E-state index is 3.47. The van der Waals surface area contributed by atoms with Crippen molar-refractivity contribution in [3.8, 4) is 0 Å². The molecule has 0 unspecified atom stereocenters. The highest BCUT2D eigenvalue weighted by molar-refractivity contribution is 5.48. The standard InChI is InChI=1S/C18H29N3.C18H28N2.C2H6/c1-16-4-3-5-18(14-16)21-12-10-20(11-13-21)15-17-6-8-19(2)9-7-17;1-15-3-2-4-18(13-15)17-7-11-20(12-8-17)14-16-5-9-19-10-6-16;1-2/h3-5,14,17H,6-13,15H2,1-2H3;2-4,13,16-17,19H,5-12,14H2,1H3;1-2H3. The Bertz CT molecular complexity index is 1030. The molecule has 2 aromatic rings. The zero-order valence-corrected chi connectivity index (χ0v) is 28.4. The molecule has 0 radical (unpaired) electrons. The van der Waals surface area contributed by atoms with Crippen LogP contribution in [0.5, 0.6) is 0 Å². The molecule has 4 aliphatic rings. The summed E-state index contributed by atoms with van der Waals surface area (Å²) in [7, 11) is 2.25. The van der Waals surface area contributed by atoms with Crippen LogP contribution < -0.4 is 10.2 Å². The van der Waals surface area contributed by atoms with Crippen molar-refractivity contribution in [2.75, 3.05) is 90.5 Å². The number of anilines is 1. The largest absolute Gasteiger partial charge is 0.369 e. The summed E-state index contributed by atoms with van der Waals surface area (Å²) in [6, 6.07) is 18.0. The molecule has 0 bridgehead atoms. The first-order chi connectivity index (χ1) is 21.0. The molecule has 4 fully saturated rings. The number of nitrogens with one attached hydrogen (secondary N) is 1. The summed E-state index contributed by atoms with van der Waals surface area (Å²) in [6.07, 6.45) is 8.20. The third-order valence-corrected chi connectivity index (χ3v) is 10.2. The Morgan fingerprint density at radius 3 is 1.79 bits per heavy atom. The van der Waals surface area contributed by atoms with Gasteiger partial charge in [0.2, 0.25) is 0 Å². The third kappa shape index (κ3) is 11.2. The van der Waals surface area contributed by atoms with Crippen molar-refractivity contribution in [3.05, 3.63) is 65.2 Å². The van der Waals surface area contributed by atoms with Crippen LogP contribution in [-0.4, -0.2) is 100 Å². The van der Waals surface area contributed by atoms with E-state index in [1.54, 1.807) is 5.56 Å². The quantitative estimate of drug-likeness (QED) is 0.406. The average molecular weight is 590 g/mol. The van der Waals surface area contributed by atoms with Crippen LogP contribution in [0, 0.1) is 25.7 Å². The number of piperazine rings is 1. The first-order valence-corrected chi connectivity index (χ1v) is 17.7. The minimum absolute atomic E-state index is 0.791. The number of piperidine rings is 3. The van der Waals surface area contributed by atoms with Crippen LogP contribution in [-0.2, 0) is 0 Å². The minimum atomic E-state index is 0.791. The van der Waals surface area contributed by atoms with E-state index < -0.39 is 0 Å². The van der Waals surface area contributed by atoms with E-state index in [0.717, 1.165) is 17.8 Å². The van der Waals surface area contributed by atoms with E-state index in [9.17, 15) is 0 Å². The molecule has 6 rings (SSSR count). The zero-order chi connectivity index (χ0) is 30.4. The Balaban J connectivity index is 0.000000186. The van der Waals surface area contributed by atoms with Crippen LogP contribution >= 0.6 is 0 Å². The van der Waals surface area contributed by atoms with Gasteiger partial charge in [0.25, 0.3) is 0 Å². The van der Waals surface area contributed by atoms with E-state index in [2.05, 4.69) is 94.3 Å². The molecule has 240 valence electrons. The molecular weight excluding hydrogens is 526 g/mol. The van der Waals surface area contributed by atoms with Gasteiger partial charge in [0.05, 0.1) is 0 Å². The van der Waals surface area contributed by atoms with E-state index in [1.165, 1.54) is 134 Å². The molecule has 4 saturated heterocycles. The van der Waals surface area contributed by atoms with Crippen molar-refractivity contribution in [2.24, 2.45) is 11.8 Å². The lowest BCUT2D eigenvalue weighted by Crippen LogP contribution is -2.48. The highest BCUT2D eigenvalue weighted by Gasteiger charge is 2.24. The summed E-state index contributed by atoms with van der Waals surface area (Å²) in [5, 5.41) is 3.47. The van der Waals surface area contributed by atoms with Crippen molar-refractivity contribution in [2.45, 2.75) is 72.1 Å². The summed E-state index contributed by atoms with van der Waals surface area (Å²) < 4.78 is 0. The van der Waals surface area contributed by atoms with E-state index in [4.69, 9.17) is 0 Å². The van der Waals surface area contributed by atoms with Crippen LogP contribution in [0.4, 0.5) is 5.69 Å². The second kappa shape index (κ2) is 18.1. The van der Waals surface area contributed by atoms with Gasteiger partial charge in [-0.2, -0.15) is 0 Å². The van der Waals surface area contributed by atoms with Gasteiger partial charge in [-0.05, 0) is 140 Å². The highest BCUT2D eigenvalue weighted by atomic mass is 15.3. The van der Waals surface area contributed by atoms with Crippen LogP contribution in [0.2, 0.25) is 0 Å². The van der Waals surface area contributed by atoms with Crippen LogP contribution in [0.3, 0.4) is 0 Å². The van der Waals surface area contributed by atoms with Gasteiger partial charge in [0.15, 0.2) is 0 Å². The SMILES string of the molecule is CC.Cc1cccc(C2CCN(CC3CCNCC3)CC2)c1.Cc1cccc(N2CCN(CC3CCN(C)CC3)CC2)c1. The number of hydrogen-bond donors (Lipinski definition) is 1. The van der Waals surface area contributed by atoms with Crippen LogP contribution in [0.15, 0.2) is 48.5 Å². The molecule has 0 atom stereocenters. The Labute approximate surface area is 265 Å². The van der Waals surface area contributed by atoms with Crippen molar-refractivity contribution < 1.29 is 0 Å². The summed E-state index contributed by atoms with van der Waals surface area (Å²) in [4.78, 5) is 10.4. The van der Waals surface area contributed by atoms with Crippen molar-refractivity contribution in [1.82, 2.24) is 20.0 Å². The fraction of sp³-hybridized carbons (Fsp3) is 0.684. The fourth-order valence-electron chi connectivity index (χ4n) is 7.43. The molecule has 1 N–H and O–H groups in total. The number of aryl methyl sites for hydroxylation is 2. The second-order valence-electron chi connectivity index (χ2n) is 13.6. The molecule has 0 amide bonds. The molecule has 0 aromatic heterocycles. The first-order valence-electron chi connectivity index (χ1n) is 17.7. The van der Waals surface area contributed by atoms with E-state index in [0.29, 0.717) is 0 Å². The minimum Gasteiger partial charge on any atom is -0.369 e. The maximum Gasteiger partial charge on any atom is 0.0369 e. The van der Waals surface area contributed by atoms with E-state index in [1.807, 2.05) is 13.8 Å². The Kier molecular flexibility index (Phi) is 14.3. The molecule has 43 heavy (non-hydrogen) atoms. The van der Waals surface area contributed by atoms with Gasteiger partial charge < -0.3 is 20.0 Å². The van der Waals surface area contributed by atoms with Gasteiger partial charge in [-0.25, -0.2) is 0 Å². The summed E-state index contributed by atoms with van der Waals surface area (Å²) in [6.45, 7) is 23.4. The average Bonchev–Trinajstić information content (AvgIpc) is 3.05. The molecule has 5 heteroatoms. The third-order valence-electron chi connectivity index (χ3n) is 10.2. The molecule has 0 aliphatic carbocycles. The van der Waals surface area contributed by atoms with E-state index >= 15 is 0 Å². The summed E-state index contributed by atoms with van der Waals surface area (Å²) in [5.41, 5.74) is 5.72. The van der Waals surface area contributed by atoms with Crippen molar-refractivity contribution in [3.63, 3.8) is 0 Å². The van der Waals surface area contributed by atoms with E-state index in [-0.39, 0.29) is 0 Å². The molecule has 4 heterocycles. The van der Waals surface area contributed by atoms with Gasteiger partial charge in [0.1, 0.15) is 0 Å². The number of rotatable bonds is 6. The van der Waals surface area contributed by atoms with Gasteiger partial charge in [0, 0.05) is 45.0 Å². The highest BCUT2D eigenvalue weighted by Crippen LogP contribution is 2.29. The molecule has 2 aromatic carbocycles. The Morgan fingerprint density at radius 1 is 0.628 bits per heavy atom. The molecule has 5 nitrogen and oxygen atoms in total. The van der Waals surface area contributed by atoms with Gasteiger partial charge in [-0.1, -0.05) is 55.8 Å². The maximum absolute atomic E-state index is 3.47. The lowest BCUT2D eigenvalue weighted by molar-refractivity contribution is 0.155. The van der Waals surface area contributed by atoms with Gasteiger partial charge in [-0.3, -0.25) is 4.90 Å². The molecular formula is C38H63N5. The first kappa shape index (κ1) is 34.0. The second-order valence-corrected chi connectivity index (χ2v) is 13.6. The number of nitrogens with zero attached hydrogens (tertiary/aromatic N) is 4. The van der Waals surface area contributed by atoms with Crippen molar-refractivity contribution in [1.29, 1.82) is 0 Å². The summed E-state index contributed by atoms with van der Waals surface area (Å²) in [5.74, 6) is 2.65. The fourth-order valence-corrected chi connectivity index (χ4v) is 7.43. The number of benzene rings is 2. The van der Waals surface area contributed by atoms with Gasteiger partial charge >= 0.3 is 0 Å². The molecule has 4 aliphatic heterocycles. The van der Waals surface area contributed by atoms with Crippen LogP contribution in [0.1, 0.15) is 75.0 Å². The molecule has 0 spiro atoms. The van der Waals surface area contributed by atoms with Crippen molar-refractivity contribution >= 4 is 5.69 Å². The van der Waals surface area contributed by atoms with Gasteiger partial charge in [-0.15, -0.1) is 0 Å². The smallest absolute Gasteiger partial charge is 0.0369 e. The predicted octanol–water partition coefficient (Wildman–Crippen LogP) is 6.66. The lowest BCUT2D eigenvalue weighted by Gasteiger charge is -2.39. The monoisotopic (exact) mass is 590 g/mol.